The zero-order chi connectivity index (χ0) is 19.5. The predicted octanol–water partition coefficient (Wildman–Crippen LogP) is 3.01. The van der Waals surface area contributed by atoms with E-state index in [2.05, 4.69) is 5.32 Å². The maximum Gasteiger partial charge on any atom is 0.255 e. The molecule has 0 heterocycles. The van der Waals surface area contributed by atoms with Gasteiger partial charge in [0.1, 0.15) is 11.5 Å². The third kappa shape index (κ3) is 4.39. The Kier molecular flexibility index (Phi) is 5.99. The van der Waals surface area contributed by atoms with Gasteiger partial charge < -0.3 is 14.8 Å². The zero-order valence-electron chi connectivity index (χ0n) is 14.7. The van der Waals surface area contributed by atoms with Crippen LogP contribution in [-0.2, 0) is 10.0 Å². The summed E-state index contributed by atoms with van der Waals surface area (Å²) >= 11 is 6.05. The number of halogens is 1. The van der Waals surface area contributed by atoms with Gasteiger partial charge in [0.25, 0.3) is 5.91 Å². The Balaban J connectivity index is 2.34. The number of ether oxygens (including phenoxy) is 2. The number of anilines is 2. The molecule has 0 atom stereocenters. The van der Waals surface area contributed by atoms with Crippen LogP contribution in [0.15, 0.2) is 36.4 Å². The van der Waals surface area contributed by atoms with Gasteiger partial charge >= 0.3 is 0 Å². The summed E-state index contributed by atoms with van der Waals surface area (Å²) in [6.45, 7) is 0. The maximum absolute atomic E-state index is 12.6. The lowest BCUT2D eigenvalue weighted by Crippen LogP contribution is -2.25. The third-order valence-electron chi connectivity index (χ3n) is 3.69. The Labute approximate surface area is 157 Å². The molecule has 2 rings (SSSR count). The van der Waals surface area contributed by atoms with Gasteiger partial charge in [-0.15, -0.1) is 0 Å². The summed E-state index contributed by atoms with van der Waals surface area (Å²) in [5, 5.41) is 3.06. The van der Waals surface area contributed by atoms with Crippen molar-refractivity contribution in [2.75, 3.05) is 37.1 Å². The number of nitrogens with one attached hydrogen (secondary N) is 1. The van der Waals surface area contributed by atoms with Gasteiger partial charge in [0, 0.05) is 24.7 Å². The van der Waals surface area contributed by atoms with Crippen LogP contribution < -0.4 is 19.1 Å². The highest BCUT2D eigenvalue weighted by molar-refractivity contribution is 7.92. The maximum atomic E-state index is 12.6. The van der Waals surface area contributed by atoms with Crippen molar-refractivity contribution < 1.29 is 22.7 Å². The highest BCUT2D eigenvalue weighted by Crippen LogP contribution is 2.36. The molecule has 0 radical (unpaired) electrons. The highest BCUT2D eigenvalue weighted by Gasteiger charge is 2.16. The number of carbonyl (C=O) groups excluding carboxylic acids is 1. The predicted molar refractivity (Wildman–Crippen MR) is 102 cm³/mol. The number of nitrogens with zero attached hydrogens (tertiary/aromatic N) is 1. The lowest BCUT2D eigenvalue weighted by Gasteiger charge is -2.17. The second kappa shape index (κ2) is 7.84. The summed E-state index contributed by atoms with van der Waals surface area (Å²) < 4.78 is 34.8. The van der Waals surface area contributed by atoms with Crippen LogP contribution in [-0.4, -0.2) is 41.8 Å². The third-order valence-corrected chi connectivity index (χ3v) is 5.19. The number of hydrogen-bond donors (Lipinski definition) is 1. The summed E-state index contributed by atoms with van der Waals surface area (Å²) in [5.41, 5.74) is 1.04. The molecular formula is C17H19ClN2O5S. The van der Waals surface area contributed by atoms with Crippen LogP contribution in [0.25, 0.3) is 0 Å². The van der Waals surface area contributed by atoms with Crippen molar-refractivity contribution in [2.45, 2.75) is 0 Å². The van der Waals surface area contributed by atoms with Gasteiger partial charge in [0.2, 0.25) is 10.0 Å². The summed E-state index contributed by atoms with van der Waals surface area (Å²) in [7, 11) is 0.901. The summed E-state index contributed by atoms with van der Waals surface area (Å²) in [4.78, 5) is 12.6. The molecule has 0 fully saturated rings. The first-order chi connectivity index (χ1) is 12.2. The van der Waals surface area contributed by atoms with Gasteiger partial charge in [0.15, 0.2) is 0 Å². The Morgan fingerprint density at radius 1 is 1.12 bits per heavy atom. The van der Waals surface area contributed by atoms with Crippen molar-refractivity contribution in [1.82, 2.24) is 0 Å². The molecule has 0 bridgehead atoms. The van der Waals surface area contributed by atoms with Crippen LogP contribution in [0.3, 0.4) is 0 Å². The lowest BCUT2D eigenvalue weighted by molar-refractivity contribution is 0.102. The average molecular weight is 399 g/mol. The first-order valence-electron chi connectivity index (χ1n) is 7.44. The van der Waals surface area contributed by atoms with Crippen LogP contribution in [0.5, 0.6) is 11.5 Å². The number of benzene rings is 2. The largest absolute Gasteiger partial charge is 0.495 e. The molecule has 1 N–H and O–H groups in total. The van der Waals surface area contributed by atoms with Crippen LogP contribution in [0.4, 0.5) is 11.4 Å². The van der Waals surface area contributed by atoms with E-state index in [0.29, 0.717) is 27.9 Å². The van der Waals surface area contributed by atoms with Gasteiger partial charge in [-0.2, -0.15) is 0 Å². The minimum atomic E-state index is -3.43. The molecule has 2 aromatic carbocycles. The van der Waals surface area contributed by atoms with Crippen molar-refractivity contribution in [1.29, 1.82) is 0 Å². The molecule has 1 amide bonds. The Morgan fingerprint density at radius 3 is 2.35 bits per heavy atom. The zero-order valence-corrected chi connectivity index (χ0v) is 16.3. The summed E-state index contributed by atoms with van der Waals surface area (Å²) in [6.07, 6.45) is 1.09. The van der Waals surface area contributed by atoms with E-state index < -0.39 is 15.9 Å². The van der Waals surface area contributed by atoms with E-state index in [9.17, 15) is 13.2 Å². The monoisotopic (exact) mass is 398 g/mol. The Hall–Kier alpha value is -2.45. The van der Waals surface area contributed by atoms with Crippen molar-refractivity contribution in [2.24, 2.45) is 0 Å². The topological polar surface area (TPSA) is 84.9 Å². The van der Waals surface area contributed by atoms with Gasteiger partial charge in [0.05, 0.1) is 36.9 Å². The molecule has 0 saturated heterocycles. The smallest absolute Gasteiger partial charge is 0.255 e. The van der Waals surface area contributed by atoms with Gasteiger partial charge in [-0.25, -0.2) is 8.42 Å². The second-order valence-electron chi connectivity index (χ2n) is 5.42. The molecule has 0 saturated carbocycles. The van der Waals surface area contributed by atoms with Crippen LogP contribution in [0, 0.1) is 0 Å². The fourth-order valence-electron chi connectivity index (χ4n) is 2.19. The first kappa shape index (κ1) is 19.9. The normalized spacial score (nSPS) is 11.0. The van der Waals surface area contributed by atoms with E-state index in [0.717, 1.165) is 10.6 Å². The fourth-order valence-corrected chi connectivity index (χ4v) is 2.91. The van der Waals surface area contributed by atoms with Crippen LogP contribution >= 0.6 is 11.6 Å². The van der Waals surface area contributed by atoms with Gasteiger partial charge in [-0.05, 0) is 18.2 Å². The molecule has 2 aromatic rings. The van der Waals surface area contributed by atoms with Crippen LogP contribution in [0.2, 0.25) is 5.02 Å². The Bertz CT molecular complexity index is 931. The highest BCUT2D eigenvalue weighted by atomic mass is 35.5. The Morgan fingerprint density at radius 2 is 1.77 bits per heavy atom. The van der Waals surface area contributed by atoms with E-state index in [1.54, 1.807) is 24.3 Å². The lowest BCUT2D eigenvalue weighted by atomic mass is 10.1. The van der Waals surface area contributed by atoms with Crippen molar-refractivity contribution in [3.8, 4) is 11.5 Å². The molecule has 140 valence electrons. The van der Waals surface area contributed by atoms with Crippen molar-refractivity contribution in [3.63, 3.8) is 0 Å². The number of methoxy groups -OCH3 is 2. The number of sulfonamides is 1. The molecule has 0 aromatic heterocycles. The van der Waals surface area contributed by atoms with E-state index in [1.807, 2.05) is 0 Å². The molecule has 0 aliphatic heterocycles. The molecule has 0 aliphatic rings. The number of amides is 1. The van der Waals surface area contributed by atoms with Gasteiger partial charge in [-0.1, -0.05) is 17.7 Å². The standard InChI is InChI=1S/C17H19ClN2O5S/c1-20(26(4,22)23)12-7-5-6-11(8-12)17(21)19-14-10-15(24-2)13(18)9-16(14)25-3/h5-10H,1-4H3,(H,19,21). The quantitative estimate of drug-likeness (QED) is 0.808. The van der Waals surface area contributed by atoms with Crippen LogP contribution in [0.1, 0.15) is 10.4 Å². The van der Waals surface area contributed by atoms with Gasteiger partial charge in [-0.3, -0.25) is 9.10 Å². The fraction of sp³-hybridized carbons (Fsp3) is 0.235. The summed E-state index contributed by atoms with van der Waals surface area (Å²) in [5.74, 6) is 0.318. The minimum Gasteiger partial charge on any atom is -0.495 e. The van der Waals surface area contributed by atoms with E-state index in [4.69, 9.17) is 21.1 Å². The second-order valence-corrected chi connectivity index (χ2v) is 7.84. The average Bonchev–Trinajstić information content (AvgIpc) is 2.61. The number of rotatable bonds is 6. The molecule has 0 aliphatic carbocycles. The van der Waals surface area contributed by atoms with Crippen molar-refractivity contribution >= 4 is 38.9 Å². The first-order valence-corrected chi connectivity index (χ1v) is 9.67. The minimum absolute atomic E-state index is 0.286. The van der Waals surface area contributed by atoms with E-state index >= 15 is 0 Å². The molecule has 7 nitrogen and oxygen atoms in total. The number of carbonyl (C=O) groups is 1. The molecule has 0 unspecified atom stereocenters. The molecule has 9 heteroatoms. The van der Waals surface area contributed by atoms with E-state index in [-0.39, 0.29) is 5.56 Å². The van der Waals surface area contributed by atoms with Crippen molar-refractivity contribution in [3.05, 3.63) is 47.0 Å². The SMILES string of the molecule is COc1cc(NC(=O)c2cccc(N(C)S(C)(=O)=O)c2)c(OC)cc1Cl. The summed E-state index contributed by atoms with van der Waals surface area (Å²) in [6, 6.07) is 9.34. The molecular weight excluding hydrogens is 380 g/mol. The molecule has 26 heavy (non-hydrogen) atoms. The van der Waals surface area contributed by atoms with E-state index in [1.165, 1.54) is 33.4 Å². The molecule has 0 spiro atoms. The number of hydrogen-bond acceptors (Lipinski definition) is 5.